The molecule has 5 heteroatoms. The summed E-state index contributed by atoms with van der Waals surface area (Å²) < 4.78 is 1.81. The molecule has 17 heavy (non-hydrogen) atoms. The molecular formula is C12H20ClN3O. The summed E-state index contributed by atoms with van der Waals surface area (Å²) >= 11 is 6.17. The van der Waals surface area contributed by atoms with Crippen molar-refractivity contribution >= 4 is 11.6 Å². The molecule has 0 aromatic carbocycles. The highest BCUT2D eigenvalue weighted by Gasteiger charge is 2.40. The molecule has 1 aromatic heterocycles. The molecule has 0 aliphatic carbocycles. The zero-order valence-corrected chi connectivity index (χ0v) is 11.4. The van der Waals surface area contributed by atoms with Crippen LogP contribution in [0.2, 0.25) is 5.02 Å². The number of likely N-dealkylation sites (tertiary alicyclic amines) is 1. The van der Waals surface area contributed by atoms with Gasteiger partial charge >= 0.3 is 0 Å². The minimum Gasteiger partial charge on any atom is -0.383 e. The Morgan fingerprint density at radius 3 is 2.94 bits per heavy atom. The summed E-state index contributed by atoms with van der Waals surface area (Å²) in [5, 5.41) is 15.6. The summed E-state index contributed by atoms with van der Waals surface area (Å²) in [6.07, 6.45) is 3.04. The van der Waals surface area contributed by atoms with Crippen LogP contribution in [0.4, 0.5) is 0 Å². The van der Waals surface area contributed by atoms with Gasteiger partial charge in [-0.25, -0.2) is 0 Å². The molecule has 0 spiro atoms. The lowest BCUT2D eigenvalue weighted by Crippen LogP contribution is -2.46. The van der Waals surface area contributed by atoms with E-state index in [0.717, 1.165) is 18.8 Å². The van der Waals surface area contributed by atoms with Crippen molar-refractivity contribution in [3.63, 3.8) is 0 Å². The number of aryl methyl sites for hydroxylation is 1. The van der Waals surface area contributed by atoms with Gasteiger partial charge in [-0.1, -0.05) is 11.6 Å². The number of halogens is 1. The maximum absolute atomic E-state index is 10.8. The number of aliphatic hydroxyl groups is 1. The number of rotatable bonds is 2. The Bertz CT molecular complexity index is 406. The predicted molar refractivity (Wildman–Crippen MR) is 68.1 cm³/mol. The fourth-order valence-electron chi connectivity index (χ4n) is 2.61. The van der Waals surface area contributed by atoms with Crippen molar-refractivity contribution in [3.05, 3.63) is 16.9 Å². The first-order chi connectivity index (χ1) is 7.98. The molecule has 1 fully saturated rings. The molecule has 2 heterocycles. The van der Waals surface area contributed by atoms with Gasteiger partial charge in [0.15, 0.2) is 0 Å². The fourth-order valence-corrected chi connectivity index (χ4v) is 2.93. The summed E-state index contributed by atoms with van der Waals surface area (Å²) in [5.41, 5.74) is -0.0585. The third-order valence-electron chi connectivity index (χ3n) is 3.80. The topological polar surface area (TPSA) is 41.3 Å². The van der Waals surface area contributed by atoms with Crippen LogP contribution in [0.3, 0.4) is 0 Å². The highest BCUT2D eigenvalue weighted by atomic mass is 35.5. The van der Waals surface area contributed by atoms with Crippen LogP contribution >= 0.6 is 11.6 Å². The Labute approximate surface area is 107 Å². The van der Waals surface area contributed by atoms with Crippen LogP contribution in [0.15, 0.2) is 6.20 Å². The van der Waals surface area contributed by atoms with E-state index in [1.165, 1.54) is 0 Å². The molecule has 1 aliphatic rings. The average Bonchev–Trinajstić information content (AvgIpc) is 2.66. The summed E-state index contributed by atoms with van der Waals surface area (Å²) in [6, 6.07) is 0.352. The highest BCUT2D eigenvalue weighted by molar-refractivity contribution is 6.31. The zero-order chi connectivity index (χ0) is 12.6. The lowest BCUT2D eigenvalue weighted by atomic mass is 9.84. The number of aromatic nitrogens is 2. The molecule has 2 atom stereocenters. The molecule has 0 bridgehead atoms. The smallest absolute Gasteiger partial charge is 0.110 e. The largest absolute Gasteiger partial charge is 0.383 e. The van der Waals surface area contributed by atoms with Crippen LogP contribution < -0.4 is 0 Å². The first kappa shape index (κ1) is 12.9. The predicted octanol–water partition coefficient (Wildman–Crippen LogP) is 1.86. The van der Waals surface area contributed by atoms with Gasteiger partial charge in [-0.15, -0.1) is 0 Å². The van der Waals surface area contributed by atoms with Gasteiger partial charge in [0.25, 0.3) is 0 Å². The summed E-state index contributed by atoms with van der Waals surface area (Å²) in [6.45, 7) is 5.75. The van der Waals surface area contributed by atoms with E-state index >= 15 is 0 Å². The van der Waals surface area contributed by atoms with Crippen LogP contribution in [0.25, 0.3) is 0 Å². The first-order valence-corrected chi connectivity index (χ1v) is 6.50. The quantitative estimate of drug-likeness (QED) is 0.879. The Morgan fingerprint density at radius 2 is 2.35 bits per heavy atom. The lowest BCUT2D eigenvalue weighted by Gasteiger charge is -2.41. The van der Waals surface area contributed by atoms with Gasteiger partial charge in [0.2, 0.25) is 0 Å². The van der Waals surface area contributed by atoms with Crippen molar-refractivity contribution in [3.8, 4) is 0 Å². The molecular weight excluding hydrogens is 238 g/mol. The molecule has 4 nitrogen and oxygen atoms in total. The van der Waals surface area contributed by atoms with E-state index in [0.29, 0.717) is 23.9 Å². The Kier molecular flexibility index (Phi) is 3.48. The second-order valence-corrected chi connectivity index (χ2v) is 5.38. The zero-order valence-electron chi connectivity index (χ0n) is 10.6. The minimum absolute atomic E-state index is 0.352. The van der Waals surface area contributed by atoms with E-state index in [9.17, 15) is 5.11 Å². The molecule has 1 aromatic rings. The summed E-state index contributed by atoms with van der Waals surface area (Å²) in [5.74, 6) is 0. The highest BCUT2D eigenvalue weighted by Crippen LogP contribution is 2.38. The van der Waals surface area contributed by atoms with Crippen molar-refractivity contribution in [1.29, 1.82) is 0 Å². The van der Waals surface area contributed by atoms with E-state index in [4.69, 9.17) is 11.6 Å². The molecule has 1 saturated heterocycles. The third-order valence-corrected chi connectivity index (χ3v) is 4.08. The van der Waals surface area contributed by atoms with Gasteiger partial charge < -0.3 is 10.0 Å². The number of nitrogens with zero attached hydrogens (tertiary/aromatic N) is 3. The van der Waals surface area contributed by atoms with E-state index < -0.39 is 5.60 Å². The molecule has 1 N–H and O–H groups in total. The van der Waals surface area contributed by atoms with Crippen molar-refractivity contribution in [1.82, 2.24) is 14.7 Å². The standard InChI is InChI=1S/C12H20ClN3O/c1-4-16-11(10(13)8-14-16)12(17)5-6-15(3)9(2)7-12/h8-9,17H,4-7H2,1-3H3. The van der Waals surface area contributed by atoms with Crippen molar-refractivity contribution in [2.75, 3.05) is 13.6 Å². The molecule has 2 unspecified atom stereocenters. The van der Waals surface area contributed by atoms with Crippen LogP contribution in [-0.2, 0) is 12.1 Å². The van der Waals surface area contributed by atoms with Crippen LogP contribution in [-0.4, -0.2) is 39.4 Å². The van der Waals surface area contributed by atoms with Gasteiger partial charge in [0.1, 0.15) is 5.60 Å². The minimum atomic E-state index is -0.838. The maximum Gasteiger partial charge on any atom is 0.110 e. The Morgan fingerprint density at radius 1 is 1.65 bits per heavy atom. The molecule has 0 radical (unpaired) electrons. The molecule has 1 aliphatic heterocycles. The van der Waals surface area contributed by atoms with E-state index in [2.05, 4.69) is 24.0 Å². The Balaban J connectivity index is 2.34. The fraction of sp³-hybridized carbons (Fsp3) is 0.750. The van der Waals surface area contributed by atoms with Gasteiger partial charge in [-0.2, -0.15) is 5.10 Å². The SMILES string of the molecule is CCn1ncc(Cl)c1C1(O)CCN(C)C(C)C1. The van der Waals surface area contributed by atoms with Crippen LogP contribution in [0.5, 0.6) is 0 Å². The van der Waals surface area contributed by atoms with Crippen molar-refractivity contribution in [2.24, 2.45) is 0 Å². The van der Waals surface area contributed by atoms with E-state index in [1.54, 1.807) is 10.9 Å². The maximum atomic E-state index is 10.8. The van der Waals surface area contributed by atoms with E-state index in [-0.39, 0.29) is 0 Å². The lowest BCUT2D eigenvalue weighted by molar-refractivity contribution is -0.0470. The van der Waals surface area contributed by atoms with Gasteiger partial charge in [0, 0.05) is 19.1 Å². The van der Waals surface area contributed by atoms with Gasteiger partial charge in [0.05, 0.1) is 16.9 Å². The third kappa shape index (κ3) is 2.21. The normalized spacial score (nSPS) is 30.8. The average molecular weight is 258 g/mol. The molecule has 0 saturated carbocycles. The molecule has 96 valence electrons. The van der Waals surface area contributed by atoms with Crippen molar-refractivity contribution in [2.45, 2.75) is 44.9 Å². The monoisotopic (exact) mass is 257 g/mol. The first-order valence-electron chi connectivity index (χ1n) is 6.12. The molecule has 0 amide bonds. The second kappa shape index (κ2) is 4.59. The summed E-state index contributed by atoms with van der Waals surface area (Å²) in [7, 11) is 2.09. The number of hydrogen-bond donors (Lipinski definition) is 1. The Hall–Kier alpha value is -0.580. The van der Waals surface area contributed by atoms with Gasteiger partial charge in [-0.3, -0.25) is 4.68 Å². The summed E-state index contributed by atoms with van der Waals surface area (Å²) in [4.78, 5) is 2.26. The molecule has 2 rings (SSSR count). The van der Waals surface area contributed by atoms with E-state index in [1.807, 2.05) is 6.92 Å². The van der Waals surface area contributed by atoms with Gasteiger partial charge in [-0.05, 0) is 33.7 Å². The van der Waals surface area contributed by atoms with Crippen LogP contribution in [0.1, 0.15) is 32.4 Å². The number of piperidine rings is 1. The second-order valence-electron chi connectivity index (χ2n) is 4.97. The van der Waals surface area contributed by atoms with Crippen molar-refractivity contribution < 1.29 is 5.11 Å². The van der Waals surface area contributed by atoms with Crippen LogP contribution in [0, 0.1) is 0 Å². The number of hydrogen-bond acceptors (Lipinski definition) is 3.